The van der Waals surface area contributed by atoms with Crippen LogP contribution in [0.25, 0.3) is 0 Å². The third kappa shape index (κ3) is 48.8. The lowest BCUT2D eigenvalue weighted by Gasteiger charge is -2.40. The average Bonchev–Trinajstić information content (AvgIpc) is 3.47. The summed E-state index contributed by atoms with van der Waals surface area (Å²) in [6, 6.07) is -0.807. The molecule has 0 aromatic carbocycles. The van der Waals surface area contributed by atoms with E-state index in [1.807, 2.05) is 6.08 Å². The maximum absolute atomic E-state index is 13.0. The van der Waals surface area contributed by atoms with E-state index in [0.29, 0.717) is 19.4 Å². The van der Waals surface area contributed by atoms with Gasteiger partial charge in [-0.15, -0.1) is 0 Å². The van der Waals surface area contributed by atoms with Crippen LogP contribution in [0, 0.1) is 0 Å². The minimum absolute atomic E-state index is 0.00228. The number of unbranched alkanes of at least 4 members (excludes halogenated alkanes) is 43. The van der Waals surface area contributed by atoms with Gasteiger partial charge < -0.3 is 45.1 Å². The molecule has 81 heavy (non-hydrogen) atoms. The minimum atomic E-state index is -1.57. The number of carbonyl (C=O) groups excluding carboxylic acids is 2. The second kappa shape index (κ2) is 59.6. The van der Waals surface area contributed by atoms with Crippen LogP contribution in [0.15, 0.2) is 36.5 Å². The Morgan fingerprint density at radius 2 is 0.827 bits per heavy atom. The van der Waals surface area contributed by atoms with Crippen LogP contribution >= 0.6 is 0 Å². The summed E-state index contributed by atoms with van der Waals surface area (Å²) in [7, 11) is 0. The highest BCUT2D eigenvalue weighted by atomic mass is 16.7. The number of carbonyl (C=O) groups is 2. The zero-order valence-corrected chi connectivity index (χ0v) is 52.8. The molecule has 1 rings (SSSR count). The molecule has 1 saturated heterocycles. The van der Waals surface area contributed by atoms with Gasteiger partial charge in [-0.1, -0.05) is 294 Å². The summed E-state index contributed by atoms with van der Waals surface area (Å²) >= 11 is 0. The Morgan fingerprint density at radius 3 is 1.27 bits per heavy atom. The van der Waals surface area contributed by atoms with Crippen molar-refractivity contribution in [2.24, 2.45) is 0 Å². The number of allylic oxidation sites excluding steroid dienone is 5. The van der Waals surface area contributed by atoms with E-state index in [1.54, 1.807) is 6.08 Å². The molecule has 0 spiro atoms. The van der Waals surface area contributed by atoms with E-state index in [4.69, 9.17) is 14.2 Å². The normalized spacial score (nSPS) is 18.4. The number of amides is 1. The van der Waals surface area contributed by atoms with Crippen molar-refractivity contribution >= 4 is 11.9 Å². The number of aliphatic hydroxyl groups is 5. The Hall–Kier alpha value is -2.12. The summed E-state index contributed by atoms with van der Waals surface area (Å²) in [5.41, 5.74) is 0. The zero-order chi connectivity index (χ0) is 58.7. The van der Waals surface area contributed by atoms with Crippen molar-refractivity contribution in [3.05, 3.63) is 36.5 Å². The van der Waals surface area contributed by atoms with E-state index in [9.17, 15) is 35.1 Å². The molecule has 1 amide bonds. The summed E-state index contributed by atoms with van der Waals surface area (Å²) in [4.78, 5) is 25.1. The molecule has 7 atom stereocenters. The third-order valence-electron chi connectivity index (χ3n) is 16.5. The monoisotopic (exact) mass is 1150 g/mol. The molecule has 1 aliphatic heterocycles. The first-order chi connectivity index (χ1) is 39.7. The second-order valence-corrected chi connectivity index (χ2v) is 24.2. The van der Waals surface area contributed by atoms with Crippen LogP contribution in [0.1, 0.15) is 335 Å². The molecule has 6 N–H and O–H groups in total. The molecule has 0 aromatic heterocycles. The molecule has 0 bridgehead atoms. The lowest BCUT2D eigenvalue weighted by Crippen LogP contribution is -2.60. The molecule has 0 radical (unpaired) electrons. The van der Waals surface area contributed by atoms with Gasteiger partial charge in [0.15, 0.2) is 6.29 Å². The van der Waals surface area contributed by atoms with Crippen LogP contribution < -0.4 is 5.32 Å². The first kappa shape index (κ1) is 76.9. The van der Waals surface area contributed by atoms with Gasteiger partial charge in [-0.05, 0) is 64.2 Å². The molecule has 11 heteroatoms. The number of ether oxygens (including phenoxy) is 3. The van der Waals surface area contributed by atoms with Crippen molar-refractivity contribution in [3.63, 3.8) is 0 Å². The molecule has 476 valence electrons. The predicted molar refractivity (Wildman–Crippen MR) is 338 cm³/mol. The number of hydrogen-bond donors (Lipinski definition) is 6. The van der Waals surface area contributed by atoms with Crippen LogP contribution in [-0.4, -0.2) is 100 Å². The van der Waals surface area contributed by atoms with E-state index >= 15 is 0 Å². The standard InChI is InChI=1S/C70H131NO10/c1-3-5-7-9-11-13-14-15-16-17-25-29-32-35-38-42-46-50-54-58-66(75)79-59-55-51-47-43-39-36-33-30-27-24-22-20-18-19-21-23-26-28-31-34-37-41-45-49-53-57-65(74)71-62(63(73)56-52-48-44-40-12-10-8-6-4-2)61-80-70-69(78)68(77)67(76)64(60-72)81-70/h11,13,15-16,52,56,62-64,67-70,72-73,76-78H,3-10,12,14,17-51,53-55,57-61H2,1-2H3,(H,71,74)/b13-11-,16-15-,56-52+. The summed E-state index contributed by atoms with van der Waals surface area (Å²) in [5, 5.41) is 54.3. The van der Waals surface area contributed by atoms with Gasteiger partial charge in [-0.3, -0.25) is 9.59 Å². The summed E-state index contributed by atoms with van der Waals surface area (Å²) in [6.45, 7) is 4.31. The van der Waals surface area contributed by atoms with Gasteiger partial charge in [-0.25, -0.2) is 0 Å². The number of nitrogens with one attached hydrogen (secondary N) is 1. The Morgan fingerprint density at radius 1 is 0.457 bits per heavy atom. The quantitative estimate of drug-likeness (QED) is 0.0195. The SMILES string of the molecule is CCCCC/C=C\C/C=C\CCCCCCCCCCCC(=O)OCCCCCCCCCCCCCCCCCCCCCCCCCCCC(=O)NC(COC1OC(CO)C(O)C(O)C1O)C(O)/C=C/CCCCCCCCC. The molecular weight excluding hydrogens is 1010 g/mol. The first-order valence-corrected chi connectivity index (χ1v) is 34.8. The number of rotatable bonds is 61. The van der Waals surface area contributed by atoms with Crippen LogP contribution in [0.2, 0.25) is 0 Å². The van der Waals surface area contributed by atoms with Crippen molar-refractivity contribution < 1.29 is 49.3 Å². The largest absolute Gasteiger partial charge is 0.466 e. The molecule has 0 aliphatic carbocycles. The Bertz CT molecular complexity index is 1440. The summed E-state index contributed by atoms with van der Waals surface area (Å²) in [5.74, 6) is -0.179. The highest BCUT2D eigenvalue weighted by molar-refractivity contribution is 5.76. The number of hydrogen-bond acceptors (Lipinski definition) is 10. The van der Waals surface area contributed by atoms with Gasteiger partial charge in [0, 0.05) is 12.8 Å². The zero-order valence-electron chi connectivity index (χ0n) is 52.8. The molecule has 11 nitrogen and oxygen atoms in total. The van der Waals surface area contributed by atoms with E-state index < -0.39 is 49.5 Å². The van der Waals surface area contributed by atoms with Gasteiger partial charge in [0.25, 0.3) is 0 Å². The summed E-state index contributed by atoms with van der Waals surface area (Å²) < 4.78 is 16.7. The molecule has 0 aromatic rings. The smallest absolute Gasteiger partial charge is 0.305 e. The van der Waals surface area contributed by atoms with Gasteiger partial charge >= 0.3 is 5.97 Å². The van der Waals surface area contributed by atoms with Crippen LogP contribution in [0.5, 0.6) is 0 Å². The molecule has 0 saturated carbocycles. The molecule has 1 fully saturated rings. The Kier molecular flexibility index (Phi) is 56.6. The predicted octanol–water partition coefficient (Wildman–Crippen LogP) is 17.4. The van der Waals surface area contributed by atoms with Gasteiger partial charge in [0.2, 0.25) is 5.91 Å². The number of aliphatic hydroxyl groups excluding tert-OH is 5. The highest BCUT2D eigenvalue weighted by Gasteiger charge is 2.44. The molecule has 1 aliphatic rings. The summed E-state index contributed by atoms with van der Waals surface area (Å²) in [6.07, 6.45) is 65.7. The van der Waals surface area contributed by atoms with Crippen molar-refractivity contribution in [3.8, 4) is 0 Å². The molecule has 7 unspecified atom stereocenters. The maximum atomic E-state index is 13.0. The van der Waals surface area contributed by atoms with Crippen molar-refractivity contribution in [2.75, 3.05) is 19.8 Å². The highest BCUT2D eigenvalue weighted by Crippen LogP contribution is 2.23. The van der Waals surface area contributed by atoms with Gasteiger partial charge in [0.05, 0.1) is 32.0 Å². The van der Waals surface area contributed by atoms with Crippen molar-refractivity contribution in [1.82, 2.24) is 5.32 Å². The first-order valence-electron chi connectivity index (χ1n) is 34.8. The Balaban J connectivity index is 1.91. The molecule has 1 heterocycles. The topological polar surface area (TPSA) is 175 Å². The maximum Gasteiger partial charge on any atom is 0.305 e. The van der Waals surface area contributed by atoms with Gasteiger partial charge in [0.1, 0.15) is 24.4 Å². The fourth-order valence-electron chi connectivity index (χ4n) is 11.0. The van der Waals surface area contributed by atoms with Crippen molar-refractivity contribution in [1.29, 1.82) is 0 Å². The van der Waals surface area contributed by atoms with Gasteiger partial charge in [-0.2, -0.15) is 0 Å². The third-order valence-corrected chi connectivity index (χ3v) is 16.5. The molecular formula is C70H131NO10. The van der Waals surface area contributed by atoms with E-state index in [0.717, 1.165) is 64.2 Å². The van der Waals surface area contributed by atoms with Crippen LogP contribution in [-0.2, 0) is 23.8 Å². The van der Waals surface area contributed by atoms with E-state index in [2.05, 4.69) is 43.5 Å². The lowest BCUT2D eigenvalue weighted by atomic mass is 9.99. The van der Waals surface area contributed by atoms with E-state index in [-0.39, 0.29) is 18.5 Å². The fraction of sp³-hybridized carbons (Fsp3) is 0.886. The average molecular weight is 1150 g/mol. The number of esters is 1. The minimum Gasteiger partial charge on any atom is -0.466 e. The lowest BCUT2D eigenvalue weighted by molar-refractivity contribution is -0.302. The Labute approximate surface area is 498 Å². The van der Waals surface area contributed by atoms with Crippen LogP contribution in [0.4, 0.5) is 0 Å². The second-order valence-electron chi connectivity index (χ2n) is 24.2. The van der Waals surface area contributed by atoms with E-state index in [1.165, 1.54) is 244 Å². The van der Waals surface area contributed by atoms with Crippen LogP contribution in [0.3, 0.4) is 0 Å². The fourth-order valence-corrected chi connectivity index (χ4v) is 11.0. The van der Waals surface area contributed by atoms with Crippen molar-refractivity contribution in [2.45, 2.75) is 378 Å².